The average Bonchev–Trinajstić information content (AvgIpc) is 2.35. The molecule has 5 heteroatoms. The van der Waals surface area contributed by atoms with E-state index in [9.17, 15) is 13.2 Å². The lowest BCUT2D eigenvalue weighted by Gasteiger charge is -2.37. The zero-order chi connectivity index (χ0) is 11.2. The second-order valence-electron chi connectivity index (χ2n) is 4.73. The Hall–Kier alpha value is -0.580. The summed E-state index contributed by atoms with van der Waals surface area (Å²) in [6.07, 6.45) is 4.51. The minimum Gasteiger partial charge on any atom is -0.337 e. The fourth-order valence-corrected chi connectivity index (χ4v) is 4.13. The van der Waals surface area contributed by atoms with Crippen molar-refractivity contribution >= 4 is 15.7 Å². The number of rotatable bonds is 1. The van der Waals surface area contributed by atoms with Crippen LogP contribution >= 0.6 is 0 Å². The van der Waals surface area contributed by atoms with Gasteiger partial charge in [0.05, 0.1) is 5.25 Å². The molecule has 0 N–H and O–H groups in total. The highest BCUT2D eigenvalue weighted by Gasteiger charge is 2.44. The molecule has 2 rings (SSSR count). The molecule has 0 spiro atoms. The van der Waals surface area contributed by atoms with Crippen LogP contribution in [0, 0.1) is 0 Å². The molecule has 2 aliphatic heterocycles. The van der Waals surface area contributed by atoms with Gasteiger partial charge in [0.25, 0.3) is 0 Å². The van der Waals surface area contributed by atoms with E-state index < -0.39 is 9.84 Å². The van der Waals surface area contributed by atoms with Crippen molar-refractivity contribution in [1.29, 1.82) is 0 Å². The van der Waals surface area contributed by atoms with Crippen LogP contribution in [-0.2, 0) is 14.6 Å². The molecule has 0 aromatic heterocycles. The van der Waals surface area contributed by atoms with Crippen LogP contribution in [0.4, 0.5) is 0 Å². The number of hydrogen-bond donors (Lipinski definition) is 0. The van der Waals surface area contributed by atoms with E-state index in [2.05, 4.69) is 0 Å². The molecule has 15 heavy (non-hydrogen) atoms. The summed E-state index contributed by atoms with van der Waals surface area (Å²) in [5.74, 6) is 0.0921. The van der Waals surface area contributed by atoms with Gasteiger partial charge in [-0.05, 0) is 25.7 Å². The number of fused-ring (bicyclic) bond motifs is 2. The Morgan fingerprint density at radius 2 is 1.67 bits per heavy atom. The third-order valence-electron chi connectivity index (χ3n) is 3.66. The van der Waals surface area contributed by atoms with Gasteiger partial charge in [-0.25, -0.2) is 8.42 Å². The standard InChI is InChI=1S/C10H17NO3S/c1-7(12)11-8-3-4-9(11)6-10(5-8)15(2,13)14/h8-10H,3-6H2,1-2H3. The quantitative estimate of drug-likeness (QED) is 0.663. The smallest absolute Gasteiger partial charge is 0.219 e. The molecular weight excluding hydrogens is 214 g/mol. The molecule has 0 radical (unpaired) electrons. The van der Waals surface area contributed by atoms with E-state index in [1.165, 1.54) is 6.26 Å². The van der Waals surface area contributed by atoms with Gasteiger partial charge in [-0.3, -0.25) is 4.79 Å². The van der Waals surface area contributed by atoms with E-state index in [1.54, 1.807) is 6.92 Å². The molecule has 2 fully saturated rings. The maximum absolute atomic E-state index is 11.5. The molecule has 86 valence electrons. The lowest BCUT2D eigenvalue weighted by atomic mass is 10.0. The summed E-state index contributed by atoms with van der Waals surface area (Å²) in [5, 5.41) is -0.231. The van der Waals surface area contributed by atoms with E-state index in [0.717, 1.165) is 12.8 Å². The number of carbonyl (C=O) groups is 1. The molecule has 2 unspecified atom stereocenters. The molecule has 0 saturated carbocycles. The molecule has 2 aliphatic rings. The topological polar surface area (TPSA) is 54.5 Å². The van der Waals surface area contributed by atoms with Gasteiger partial charge in [-0.15, -0.1) is 0 Å². The number of piperidine rings is 1. The zero-order valence-corrected chi connectivity index (χ0v) is 9.96. The molecule has 2 heterocycles. The number of carbonyl (C=O) groups excluding carboxylic acids is 1. The monoisotopic (exact) mass is 231 g/mol. The molecule has 4 nitrogen and oxygen atoms in total. The maximum Gasteiger partial charge on any atom is 0.219 e. The highest BCUT2D eigenvalue weighted by atomic mass is 32.2. The zero-order valence-electron chi connectivity index (χ0n) is 9.14. The van der Waals surface area contributed by atoms with Crippen molar-refractivity contribution in [3.05, 3.63) is 0 Å². The van der Waals surface area contributed by atoms with Crippen LogP contribution in [0.2, 0.25) is 0 Å². The van der Waals surface area contributed by atoms with Crippen molar-refractivity contribution in [2.45, 2.75) is 49.9 Å². The van der Waals surface area contributed by atoms with Gasteiger partial charge < -0.3 is 4.90 Å². The van der Waals surface area contributed by atoms with Crippen LogP contribution in [0.1, 0.15) is 32.6 Å². The first kappa shape index (κ1) is 10.9. The molecule has 0 aliphatic carbocycles. The average molecular weight is 231 g/mol. The molecule has 2 bridgehead atoms. The molecule has 0 aromatic rings. The third-order valence-corrected chi connectivity index (χ3v) is 5.25. The minimum atomic E-state index is -2.94. The van der Waals surface area contributed by atoms with Crippen LogP contribution < -0.4 is 0 Å². The summed E-state index contributed by atoms with van der Waals surface area (Å²) in [6, 6.07) is 0.335. The number of nitrogens with zero attached hydrogens (tertiary/aromatic N) is 1. The van der Waals surface area contributed by atoms with Crippen LogP contribution in [-0.4, -0.2) is 42.8 Å². The van der Waals surface area contributed by atoms with Gasteiger partial charge in [0.15, 0.2) is 0 Å². The lowest BCUT2D eigenvalue weighted by Crippen LogP contribution is -2.48. The lowest BCUT2D eigenvalue weighted by molar-refractivity contribution is -0.132. The van der Waals surface area contributed by atoms with E-state index in [-0.39, 0.29) is 23.2 Å². The van der Waals surface area contributed by atoms with Gasteiger partial charge in [0.2, 0.25) is 5.91 Å². The second kappa shape index (κ2) is 3.47. The number of hydrogen-bond acceptors (Lipinski definition) is 3. The van der Waals surface area contributed by atoms with E-state index in [1.807, 2.05) is 4.90 Å². The number of amides is 1. The molecule has 2 saturated heterocycles. The van der Waals surface area contributed by atoms with Crippen molar-refractivity contribution in [2.75, 3.05) is 6.26 Å². The van der Waals surface area contributed by atoms with E-state index in [4.69, 9.17) is 0 Å². The maximum atomic E-state index is 11.5. The molecule has 0 aromatic carbocycles. The molecule has 1 amide bonds. The van der Waals surface area contributed by atoms with Crippen LogP contribution in [0.5, 0.6) is 0 Å². The Morgan fingerprint density at radius 1 is 1.20 bits per heavy atom. The summed E-state index contributed by atoms with van der Waals surface area (Å²) < 4.78 is 23.0. The van der Waals surface area contributed by atoms with Gasteiger partial charge in [0.1, 0.15) is 9.84 Å². The fraction of sp³-hybridized carbons (Fsp3) is 0.900. The van der Waals surface area contributed by atoms with E-state index >= 15 is 0 Å². The van der Waals surface area contributed by atoms with Gasteiger partial charge >= 0.3 is 0 Å². The summed E-state index contributed by atoms with van der Waals surface area (Å²) >= 11 is 0. The van der Waals surface area contributed by atoms with Crippen molar-refractivity contribution in [1.82, 2.24) is 4.90 Å². The Bertz CT molecular complexity index is 362. The third kappa shape index (κ3) is 1.89. The van der Waals surface area contributed by atoms with Crippen molar-refractivity contribution in [3.8, 4) is 0 Å². The normalized spacial score (nSPS) is 35.6. The Kier molecular flexibility index (Phi) is 2.53. The van der Waals surface area contributed by atoms with Crippen LogP contribution in [0.3, 0.4) is 0 Å². The van der Waals surface area contributed by atoms with Crippen molar-refractivity contribution in [2.24, 2.45) is 0 Å². The summed E-state index contributed by atoms with van der Waals surface area (Å²) in [4.78, 5) is 13.3. The first-order chi connectivity index (χ1) is 6.89. The minimum absolute atomic E-state index is 0.0921. The fourth-order valence-electron chi connectivity index (χ4n) is 2.99. The molecular formula is C10H17NO3S. The highest BCUT2D eigenvalue weighted by molar-refractivity contribution is 7.91. The summed E-state index contributed by atoms with van der Waals surface area (Å²) in [7, 11) is -2.94. The molecule has 2 atom stereocenters. The SMILES string of the molecule is CC(=O)N1C2CCC1CC(S(C)(=O)=O)C2. The first-order valence-corrected chi connectivity index (χ1v) is 7.33. The van der Waals surface area contributed by atoms with Gasteiger partial charge in [-0.2, -0.15) is 0 Å². The second-order valence-corrected chi connectivity index (χ2v) is 7.06. The highest BCUT2D eigenvalue weighted by Crippen LogP contribution is 2.37. The Labute approximate surface area is 90.6 Å². The van der Waals surface area contributed by atoms with E-state index in [0.29, 0.717) is 12.8 Å². The predicted octanol–water partition coefficient (Wildman–Crippen LogP) is 0.573. The van der Waals surface area contributed by atoms with Gasteiger partial charge in [0, 0.05) is 25.3 Å². The Balaban J connectivity index is 2.18. The summed E-state index contributed by atoms with van der Waals surface area (Å²) in [5.41, 5.74) is 0. The first-order valence-electron chi connectivity index (χ1n) is 5.37. The summed E-state index contributed by atoms with van der Waals surface area (Å²) in [6.45, 7) is 1.58. The van der Waals surface area contributed by atoms with Crippen LogP contribution in [0.15, 0.2) is 0 Å². The van der Waals surface area contributed by atoms with Gasteiger partial charge in [-0.1, -0.05) is 0 Å². The van der Waals surface area contributed by atoms with Crippen LogP contribution in [0.25, 0.3) is 0 Å². The van der Waals surface area contributed by atoms with Crippen molar-refractivity contribution in [3.63, 3.8) is 0 Å². The predicted molar refractivity (Wildman–Crippen MR) is 57.2 cm³/mol. The van der Waals surface area contributed by atoms with Crippen molar-refractivity contribution < 1.29 is 13.2 Å². The Morgan fingerprint density at radius 3 is 2.00 bits per heavy atom. The number of sulfone groups is 1. The largest absolute Gasteiger partial charge is 0.337 e.